The smallest absolute Gasteiger partial charge is 0.251 e. The van der Waals surface area contributed by atoms with Crippen LogP contribution in [0.4, 0.5) is 4.39 Å². The van der Waals surface area contributed by atoms with E-state index in [4.69, 9.17) is 0 Å². The first-order valence-corrected chi connectivity index (χ1v) is 6.18. The molecule has 0 atom stereocenters. The van der Waals surface area contributed by atoms with E-state index in [1.165, 1.54) is 12.1 Å². The van der Waals surface area contributed by atoms with Gasteiger partial charge in [-0.25, -0.2) is 4.39 Å². The van der Waals surface area contributed by atoms with Gasteiger partial charge < -0.3 is 5.32 Å². The minimum absolute atomic E-state index is 0.197. The number of rotatable bonds is 3. The lowest BCUT2D eigenvalue weighted by Gasteiger charge is -2.05. The molecule has 0 spiro atoms. The second-order valence-electron chi connectivity index (χ2n) is 4.48. The van der Waals surface area contributed by atoms with Gasteiger partial charge in [-0.2, -0.15) is 5.10 Å². The molecule has 0 aliphatic heterocycles. The molecule has 3 rings (SSSR count). The Kier molecular flexibility index (Phi) is 3.16. The van der Waals surface area contributed by atoms with E-state index >= 15 is 0 Å². The Hall–Kier alpha value is -2.69. The van der Waals surface area contributed by atoms with Crippen molar-refractivity contribution in [3.8, 4) is 0 Å². The molecule has 0 aliphatic carbocycles. The van der Waals surface area contributed by atoms with Crippen LogP contribution in [0.1, 0.15) is 15.9 Å². The van der Waals surface area contributed by atoms with Crippen molar-refractivity contribution < 1.29 is 9.18 Å². The minimum Gasteiger partial charge on any atom is -0.348 e. The Balaban J connectivity index is 1.72. The molecule has 100 valence electrons. The predicted molar refractivity (Wildman–Crippen MR) is 73.7 cm³/mol. The third-order valence-electron chi connectivity index (χ3n) is 3.04. The number of fused-ring (bicyclic) bond motifs is 1. The number of H-pyrrole nitrogens is 1. The summed E-state index contributed by atoms with van der Waals surface area (Å²) in [5.74, 6) is -0.506. The Morgan fingerprint density at radius 3 is 3.00 bits per heavy atom. The Labute approximate surface area is 114 Å². The van der Waals surface area contributed by atoms with E-state index in [1.807, 2.05) is 0 Å². The van der Waals surface area contributed by atoms with Crippen molar-refractivity contribution in [2.45, 2.75) is 6.54 Å². The van der Waals surface area contributed by atoms with E-state index in [1.54, 1.807) is 36.5 Å². The van der Waals surface area contributed by atoms with E-state index in [0.717, 1.165) is 16.5 Å². The Bertz CT molecular complexity index is 766. The van der Waals surface area contributed by atoms with Gasteiger partial charge in [-0.1, -0.05) is 12.1 Å². The highest BCUT2D eigenvalue weighted by Gasteiger charge is 2.07. The number of carbonyl (C=O) groups excluding carboxylic acids is 1. The fourth-order valence-electron chi connectivity index (χ4n) is 2.02. The minimum atomic E-state index is -0.309. The molecule has 0 bridgehead atoms. The van der Waals surface area contributed by atoms with Crippen LogP contribution in [-0.4, -0.2) is 16.1 Å². The zero-order chi connectivity index (χ0) is 13.9. The van der Waals surface area contributed by atoms with Gasteiger partial charge in [-0.3, -0.25) is 9.89 Å². The van der Waals surface area contributed by atoms with Crippen LogP contribution >= 0.6 is 0 Å². The molecule has 2 N–H and O–H groups in total. The van der Waals surface area contributed by atoms with Gasteiger partial charge in [0.2, 0.25) is 0 Å². The first-order valence-electron chi connectivity index (χ1n) is 6.18. The normalized spacial score (nSPS) is 10.7. The summed E-state index contributed by atoms with van der Waals surface area (Å²) in [6.07, 6.45) is 1.67. The van der Waals surface area contributed by atoms with Gasteiger partial charge in [-0.05, 0) is 35.9 Å². The van der Waals surface area contributed by atoms with Crippen LogP contribution in [0.15, 0.2) is 48.7 Å². The molecular formula is C15H12FN3O. The molecule has 0 saturated carbocycles. The molecule has 1 heterocycles. The number of nitrogens with one attached hydrogen (secondary N) is 2. The third-order valence-corrected chi connectivity index (χ3v) is 3.04. The molecule has 0 unspecified atom stereocenters. The summed E-state index contributed by atoms with van der Waals surface area (Å²) in [4.78, 5) is 12.0. The summed E-state index contributed by atoms with van der Waals surface area (Å²) in [6, 6.07) is 11.5. The van der Waals surface area contributed by atoms with Crippen LogP contribution in [0.25, 0.3) is 10.9 Å². The van der Waals surface area contributed by atoms with Gasteiger partial charge in [0.25, 0.3) is 5.91 Å². The lowest BCUT2D eigenvalue weighted by Crippen LogP contribution is -2.22. The van der Waals surface area contributed by atoms with Crippen molar-refractivity contribution in [2.75, 3.05) is 0 Å². The van der Waals surface area contributed by atoms with E-state index in [-0.39, 0.29) is 11.7 Å². The number of aromatic nitrogens is 2. The first kappa shape index (κ1) is 12.3. The number of benzene rings is 2. The van der Waals surface area contributed by atoms with Gasteiger partial charge in [0.05, 0.1) is 11.7 Å². The van der Waals surface area contributed by atoms with Crippen molar-refractivity contribution in [1.82, 2.24) is 15.5 Å². The fraction of sp³-hybridized carbons (Fsp3) is 0.0667. The number of carbonyl (C=O) groups is 1. The van der Waals surface area contributed by atoms with Crippen LogP contribution < -0.4 is 5.32 Å². The number of hydrogen-bond acceptors (Lipinski definition) is 2. The Morgan fingerprint density at radius 1 is 1.25 bits per heavy atom. The van der Waals surface area contributed by atoms with Crippen LogP contribution in [0, 0.1) is 5.82 Å². The SMILES string of the molecule is O=C(NCc1cccc(F)c1)c1ccc2[nH]ncc2c1. The molecule has 3 aromatic rings. The summed E-state index contributed by atoms with van der Waals surface area (Å²) in [7, 11) is 0. The van der Waals surface area contributed by atoms with Gasteiger partial charge >= 0.3 is 0 Å². The molecule has 0 fully saturated rings. The summed E-state index contributed by atoms with van der Waals surface area (Å²) < 4.78 is 13.0. The molecule has 0 saturated heterocycles. The zero-order valence-electron chi connectivity index (χ0n) is 10.6. The molecule has 0 radical (unpaired) electrons. The highest BCUT2D eigenvalue weighted by Crippen LogP contribution is 2.13. The predicted octanol–water partition coefficient (Wildman–Crippen LogP) is 2.63. The van der Waals surface area contributed by atoms with Crippen molar-refractivity contribution in [2.24, 2.45) is 0 Å². The second kappa shape index (κ2) is 5.13. The fourth-order valence-corrected chi connectivity index (χ4v) is 2.02. The highest BCUT2D eigenvalue weighted by atomic mass is 19.1. The number of hydrogen-bond donors (Lipinski definition) is 2. The maximum atomic E-state index is 13.0. The monoisotopic (exact) mass is 269 g/mol. The number of aromatic amines is 1. The Morgan fingerprint density at radius 2 is 2.15 bits per heavy atom. The highest BCUT2D eigenvalue weighted by molar-refractivity contribution is 5.97. The molecular weight excluding hydrogens is 257 g/mol. The largest absolute Gasteiger partial charge is 0.348 e. The number of nitrogens with zero attached hydrogens (tertiary/aromatic N) is 1. The molecule has 4 nitrogen and oxygen atoms in total. The van der Waals surface area contributed by atoms with Crippen molar-refractivity contribution in [3.63, 3.8) is 0 Å². The topological polar surface area (TPSA) is 57.8 Å². The average molecular weight is 269 g/mol. The maximum absolute atomic E-state index is 13.0. The molecule has 1 aromatic heterocycles. The van der Waals surface area contributed by atoms with Crippen LogP contribution in [0.3, 0.4) is 0 Å². The van der Waals surface area contributed by atoms with E-state index in [2.05, 4.69) is 15.5 Å². The summed E-state index contributed by atoms with van der Waals surface area (Å²) in [5, 5.41) is 10.4. The number of amides is 1. The summed E-state index contributed by atoms with van der Waals surface area (Å²) in [5.41, 5.74) is 2.16. The van der Waals surface area contributed by atoms with Crippen molar-refractivity contribution in [1.29, 1.82) is 0 Å². The average Bonchev–Trinajstić information content (AvgIpc) is 2.92. The lowest BCUT2D eigenvalue weighted by molar-refractivity contribution is 0.0951. The molecule has 2 aromatic carbocycles. The standard InChI is InChI=1S/C15H12FN3O/c16-13-3-1-2-10(6-13)8-17-15(20)11-4-5-14-12(7-11)9-18-19-14/h1-7,9H,8H2,(H,17,20)(H,18,19). The van der Waals surface area contributed by atoms with E-state index < -0.39 is 0 Å². The number of halogens is 1. The van der Waals surface area contributed by atoms with Crippen LogP contribution in [-0.2, 0) is 6.54 Å². The van der Waals surface area contributed by atoms with Gasteiger partial charge in [0, 0.05) is 17.5 Å². The molecule has 0 aliphatic rings. The van der Waals surface area contributed by atoms with E-state index in [0.29, 0.717) is 12.1 Å². The van der Waals surface area contributed by atoms with Gasteiger partial charge in [0.15, 0.2) is 0 Å². The van der Waals surface area contributed by atoms with Crippen LogP contribution in [0.5, 0.6) is 0 Å². The quantitative estimate of drug-likeness (QED) is 0.768. The van der Waals surface area contributed by atoms with Gasteiger partial charge in [0.1, 0.15) is 5.82 Å². The second-order valence-corrected chi connectivity index (χ2v) is 4.48. The third kappa shape index (κ3) is 2.51. The van der Waals surface area contributed by atoms with Crippen molar-refractivity contribution in [3.05, 3.63) is 65.6 Å². The molecule has 1 amide bonds. The summed E-state index contributed by atoms with van der Waals surface area (Å²) in [6.45, 7) is 0.292. The maximum Gasteiger partial charge on any atom is 0.251 e. The van der Waals surface area contributed by atoms with E-state index in [9.17, 15) is 9.18 Å². The lowest BCUT2D eigenvalue weighted by atomic mass is 10.1. The molecule has 20 heavy (non-hydrogen) atoms. The van der Waals surface area contributed by atoms with Crippen LogP contribution in [0.2, 0.25) is 0 Å². The summed E-state index contributed by atoms with van der Waals surface area (Å²) >= 11 is 0. The van der Waals surface area contributed by atoms with Gasteiger partial charge in [-0.15, -0.1) is 0 Å². The first-order chi connectivity index (χ1) is 9.72. The van der Waals surface area contributed by atoms with Crippen molar-refractivity contribution >= 4 is 16.8 Å². The zero-order valence-corrected chi connectivity index (χ0v) is 10.6. The molecule has 5 heteroatoms.